The molecule has 2 rings (SSSR count). The molecule has 0 aliphatic carbocycles. The molecule has 1 aliphatic rings. The van der Waals surface area contributed by atoms with Crippen molar-refractivity contribution in [2.75, 3.05) is 13.2 Å². The summed E-state index contributed by atoms with van der Waals surface area (Å²) in [6, 6.07) is 5.58. The topological polar surface area (TPSA) is 47.6 Å². The summed E-state index contributed by atoms with van der Waals surface area (Å²) in [4.78, 5) is 4.33. The fourth-order valence-electron chi connectivity index (χ4n) is 1.81. The van der Waals surface area contributed by atoms with E-state index < -0.39 is 0 Å². The van der Waals surface area contributed by atoms with Gasteiger partial charge in [0.25, 0.3) is 0 Å². The predicted octanol–water partition coefficient (Wildman–Crippen LogP) is 3.72. The molecule has 1 heterocycles. The second-order valence-corrected chi connectivity index (χ2v) is 6.16. The third-order valence-corrected chi connectivity index (χ3v) is 4.49. The number of hydrogen-bond acceptors (Lipinski definition) is 3. The highest BCUT2D eigenvalue weighted by atomic mass is 35.5. The summed E-state index contributed by atoms with van der Waals surface area (Å²) in [6.45, 7) is 1.50. The SMILES string of the molecule is NC(=NC[C@@H]1CCCO1)SCc1ccc(Cl)c(Cl)c1. The molecule has 6 heteroatoms. The third-order valence-electron chi connectivity index (χ3n) is 2.85. The van der Waals surface area contributed by atoms with E-state index in [-0.39, 0.29) is 6.10 Å². The Balaban J connectivity index is 1.80. The number of ether oxygens (including phenoxy) is 1. The number of aliphatic imine (C=N–C) groups is 1. The van der Waals surface area contributed by atoms with E-state index in [1.165, 1.54) is 11.8 Å². The highest BCUT2D eigenvalue weighted by molar-refractivity contribution is 8.13. The molecule has 3 nitrogen and oxygen atoms in total. The van der Waals surface area contributed by atoms with Gasteiger partial charge in [0, 0.05) is 12.4 Å². The van der Waals surface area contributed by atoms with Gasteiger partial charge in [0.1, 0.15) is 0 Å². The Morgan fingerprint density at radius 1 is 1.42 bits per heavy atom. The molecule has 0 aromatic heterocycles. The second-order valence-electron chi connectivity index (χ2n) is 4.35. The molecule has 1 fully saturated rings. The standard InChI is InChI=1S/C13H16Cl2N2OS/c14-11-4-3-9(6-12(11)15)8-19-13(16)17-7-10-2-1-5-18-10/h3-4,6,10H,1-2,5,7-8H2,(H2,16,17)/t10-/m0/s1. The molecule has 1 aliphatic heterocycles. The first kappa shape index (κ1) is 15.0. The average molecular weight is 319 g/mol. The lowest BCUT2D eigenvalue weighted by molar-refractivity contribution is 0.118. The number of rotatable bonds is 4. The van der Waals surface area contributed by atoms with Crippen LogP contribution in [0.25, 0.3) is 0 Å². The average Bonchev–Trinajstić information content (AvgIpc) is 2.91. The Morgan fingerprint density at radius 3 is 2.95 bits per heavy atom. The van der Waals surface area contributed by atoms with E-state index >= 15 is 0 Å². The summed E-state index contributed by atoms with van der Waals surface area (Å²) in [5.74, 6) is 0.734. The summed E-state index contributed by atoms with van der Waals surface area (Å²) < 4.78 is 5.49. The molecule has 2 N–H and O–H groups in total. The fraction of sp³-hybridized carbons (Fsp3) is 0.462. The molecule has 104 valence electrons. The van der Waals surface area contributed by atoms with Crippen molar-refractivity contribution in [2.45, 2.75) is 24.7 Å². The fourth-order valence-corrected chi connectivity index (χ4v) is 2.79. The van der Waals surface area contributed by atoms with Crippen LogP contribution >= 0.6 is 35.0 Å². The number of hydrogen-bond donors (Lipinski definition) is 1. The summed E-state index contributed by atoms with van der Waals surface area (Å²) in [6.07, 6.45) is 2.44. The van der Waals surface area contributed by atoms with E-state index in [2.05, 4.69) is 4.99 Å². The van der Waals surface area contributed by atoms with E-state index in [9.17, 15) is 0 Å². The second kappa shape index (κ2) is 7.39. The molecule has 0 unspecified atom stereocenters. The van der Waals surface area contributed by atoms with Gasteiger partial charge in [0.2, 0.25) is 0 Å². The first-order chi connectivity index (χ1) is 9.15. The van der Waals surface area contributed by atoms with Crippen LogP contribution in [-0.4, -0.2) is 24.4 Å². The summed E-state index contributed by atoms with van der Waals surface area (Å²) in [5, 5.41) is 1.71. The summed E-state index contributed by atoms with van der Waals surface area (Å²) >= 11 is 13.3. The van der Waals surface area contributed by atoms with Crippen molar-refractivity contribution < 1.29 is 4.74 Å². The molecule has 0 spiro atoms. The van der Waals surface area contributed by atoms with Crippen molar-refractivity contribution in [3.8, 4) is 0 Å². The van der Waals surface area contributed by atoms with Crippen LogP contribution in [0.3, 0.4) is 0 Å². The van der Waals surface area contributed by atoms with Crippen molar-refractivity contribution in [3.05, 3.63) is 33.8 Å². The van der Waals surface area contributed by atoms with Crippen molar-refractivity contribution >= 4 is 40.1 Å². The van der Waals surface area contributed by atoms with Crippen LogP contribution in [0.2, 0.25) is 10.0 Å². The lowest BCUT2D eigenvalue weighted by Gasteiger charge is -2.06. The smallest absolute Gasteiger partial charge is 0.154 e. The van der Waals surface area contributed by atoms with Crippen molar-refractivity contribution in [3.63, 3.8) is 0 Å². The first-order valence-corrected chi connectivity index (χ1v) is 7.87. The van der Waals surface area contributed by atoms with Gasteiger partial charge in [0.05, 0.1) is 22.7 Å². The first-order valence-electron chi connectivity index (χ1n) is 6.13. The lowest BCUT2D eigenvalue weighted by Crippen LogP contribution is -2.14. The Labute approximate surface area is 127 Å². The maximum Gasteiger partial charge on any atom is 0.154 e. The third kappa shape index (κ3) is 4.88. The quantitative estimate of drug-likeness (QED) is 0.680. The van der Waals surface area contributed by atoms with Gasteiger partial charge in [-0.3, -0.25) is 4.99 Å². The number of benzene rings is 1. The molecule has 1 aromatic carbocycles. The number of amidine groups is 1. The Kier molecular flexibility index (Phi) is 5.82. The molecular weight excluding hydrogens is 303 g/mol. The van der Waals surface area contributed by atoms with Crippen molar-refractivity contribution in [2.24, 2.45) is 10.7 Å². The molecule has 1 atom stereocenters. The molecule has 1 aromatic rings. The molecular formula is C13H16Cl2N2OS. The Morgan fingerprint density at radius 2 is 2.26 bits per heavy atom. The zero-order chi connectivity index (χ0) is 13.7. The van der Waals surface area contributed by atoms with E-state index in [1.807, 2.05) is 12.1 Å². The highest BCUT2D eigenvalue weighted by Crippen LogP contribution is 2.24. The van der Waals surface area contributed by atoms with Crippen LogP contribution < -0.4 is 5.73 Å². The van der Waals surface area contributed by atoms with E-state index in [1.54, 1.807) is 6.07 Å². The maximum absolute atomic E-state index is 5.96. The zero-order valence-corrected chi connectivity index (χ0v) is 12.8. The van der Waals surface area contributed by atoms with Crippen LogP contribution in [0, 0.1) is 0 Å². The number of nitrogens with two attached hydrogens (primary N) is 1. The van der Waals surface area contributed by atoms with Crippen LogP contribution in [0.1, 0.15) is 18.4 Å². The Hall–Kier alpha value is -0.420. The van der Waals surface area contributed by atoms with Crippen molar-refractivity contribution in [1.29, 1.82) is 0 Å². The van der Waals surface area contributed by atoms with Crippen LogP contribution in [0.5, 0.6) is 0 Å². The van der Waals surface area contributed by atoms with Gasteiger partial charge in [-0.2, -0.15) is 0 Å². The summed E-state index contributed by atoms with van der Waals surface area (Å²) in [7, 11) is 0. The Bertz CT molecular complexity index is 462. The number of halogens is 2. The van der Waals surface area contributed by atoms with E-state index in [0.717, 1.165) is 30.8 Å². The number of thioether (sulfide) groups is 1. The molecule has 1 saturated heterocycles. The summed E-state index contributed by atoms with van der Waals surface area (Å²) in [5.41, 5.74) is 6.94. The van der Waals surface area contributed by atoms with Gasteiger partial charge in [-0.15, -0.1) is 0 Å². The molecule has 0 saturated carbocycles. The largest absolute Gasteiger partial charge is 0.379 e. The molecule has 19 heavy (non-hydrogen) atoms. The highest BCUT2D eigenvalue weighted by Gasteiger charge is 2.14. The van der Waals surface area contributed by atoms with E-state index in [4.69, 9.17) is 33.7 Å². The molecule has 0 bridgehead atoms. The minimum atomic E-state index is 0.240. The van der Waals surface area contributed by atoms with E-state index in [0.29, 0.717) is 21.8 Å². The molecule has 0 radical (unpaired) electrons. The lowest BCUT2D eigenvalue weighted by atomic mass is 10.2. The molecule has 0 amide bonds. The van der Waals surface area contributed by atoms with Gasteiger partial charge < -0.3 is 10.5 Å². The van der Waals surface area contributed by atoms with Gasteiger partial charge in [-0.1, -0.05) is 41.0 Å². The van der Waals surface area contributed by atoms with Crippen LogP contribution in [0.4, 0.5) is 0 Å². The number of nitrogens with zero attached hydrogens (tertiary/aromatic N) is 1. The van der Waals surface area contributed by atoms with Crippen LogP contribution in [0.15, 0.2) is 23.2 Å². The van der Waals surface area contributed by atoms with Gasteiger partial charge in [-0.25, -0.2) is 0 Å². The monoisotopic (exact) mass is 318 g/mol. The van der Waals surface area contributed by atoms with Crippen molar-refractivity contribution in [1.82, 2.24) is 0 Å². The van der Waals surface area contributed by atoms with Gasteiger partial charge in [-0.05, 0) is 30.5 Å². The zero-order valence-electron chi connectivity index (χ0n) is 10.4. The van der Waals surface area contributed by atoms with Gasteiger partial charge >= 0.3 is 0 Å². The predicted molar refractivity (Wildman–Crippen MR) is 83.2 cm³/mol. The minimum Gasteiger partial charge on any atom is -0.379 e. The van der Waals surface area contributed by atoms with Gasteiger partial charge in [0.15, 0.2) is 5.17 Å². The van der Waals surface area contributed by atoms with Crippen LogP contribution in [-0.2, 0) is 10.5 Å². The normalized spacial score (nSPS) is 19.9. The minimum absolute atomic E-state index is 0.240. The maximum atomic E-state index is 5.96.